The zero-order valence-electron chi connectivity index (χ0n) is 11.5. The lowest BCUT2D eigenvalue weighted by molar-refractivity contribution is 0.0487. The topological polar surface area (TPSA) is 74.8 Å². The minimum Gasteiger partial charge on any atom is -0.460 e. The summed E-state index contributed by atoms with van der Waals surface area (Å²) < 4.78 is 22.0. The first-order valence-corrected chi connectivity index (χ1v) is 6.53. The van der Waals surface area contributed by atoms with Gasteiger partial charge >= 0.3 is 5.97 Å². The quantitative estimate of drug-likeness (QED) is 0.667. The van der Waals surface area contributed by atoms with Gasteiger partial charge in [-0.05, 0) is 24.3 Å². The third-order valence-electron chi connectivity index (χ3n) is 2.95. The first-order chi connectivity index (χ1) is 10.7. The van der Waals surface area contributed by atoms with E-state index in [1.54, 1.807) is 18.5 Å². The second kappa shape index (κ2) is 6.17. The molecule has 0 saturated carbocycles. The van der Waals surface area contributed by atoms with Crippen LogP contribution in [0.25, 0.3) is 5.69 Å². The van der Waals surface area contributed by atoms with Gasteiger partial charge in [0, 0.05) is 12.4 Å². The van der Waals surface area contributed by atoms with Crippen molar-refractivity contribution in [2.45, 2.75) is 6.54 Å². The first kappa shape index (κ1) is 13.9. The lowest BCUT2D eigenvalue weighted by Gasteiger charge is -2.07. The van der Waals surface area contributed by atoms with Crippen LogP contribution < -0.4 is 0 Å². The molecule has 0 bridgehead atoms. The second-order valence-corrected chi connectivity index (χ2v) is 4.41. The number of hydrogen-bond donors (Lipinski definition) is 0. The van der Waals surface area contributed by atoms with Crippen molar-refractivity contribution in [2.24, 2.45) is 0 Å². The van der Waals surface area contributed by atoms with Gasteiger partial charge in [-0.1, -0.05) is 0 Å². The zero-order valence-corrected chi connectivity index (χ0v) is 11.5. The molecular formula is C14H12FN5O2. The van der Waals surface area contributed by atoms with Gasteiger partial charge in [0.25, 0.3) is 0 Å². The van der Waals surface area contributed by atoms with Crippen LogP contribution in [0.5, 0.6) is 0 Å². The largest absolute Gasteiger partial charge is 0.460 e. The zero-order chi connectivity index (χ0) is 15.4. The van der Waals surface area contributed by atoms with Gasteiger partial charge in [-0.15, -0.1) is 0 Å². The van der Waals surface area contributed by atoms with Gasteiger partial charge < -0.3 is 4.74 Å². The maximum Gasteiger partial charge on any atom is 0.338 e. The van der Waals surface area contributed by atoms with Gasteiger partial charge in [0.05, 0.1) is 12.1 Å². The predicted molar refractivity (Wildman–Crippen MR) is 73.8 cm³/mol. The highest BCUT2D eigenvalue weighted by atomic mass is 19.1. The van der Waals surface area contributed by atoms with E-state index >= 15 is 0 Å². The summed E-state index contributed by atoms with van der Waals surface area (Å²) in [7, 11) is 0. The normalized spacial score (nSPS) is 10.6. The number of nitrogens with zero attached hydrogens (tertiary/aromatic N) is 5. The second-order valence-electron chi connectivity index (χ2n) is 4.41. The Morgan fingerprint density at radius 1 is 1.32 bits per heavy atom. The molecule has 0 atom stereocenters. The third-order valence-corrected chi connectivity index (χ3v) is 2.95. The average molecular weight is 301 g/mol. The number of benzene rings is 1. The van der Waals surface area contributed by atoms with Crippen LogP contribution in [-0.4, -0.2) is 37.1 Å². The summed E-state index contributed by atoms with van der Waals surface area (Å²) in [4.78, 5) is 15.6. The smallest absolute Gasteiger partial charge is 0.338 e. The van der Waals surface area contributed by atoms with Crippen molar-refractivity contribution >= 4 is 5.97 Å². The van der Waals surface area contributed by atoms with Crippen molar-refractivity contribution in [1.29, 1.82) is 0 Å². The molecule has 7 nitrogen and oxygen atoms in total. The molecule has 3 rings (SSSR count). The lowest BCUT2D eigenvalue weighted by Crippen LogP contribution is -2.12. The Hall–Kier alpha value is -3.03. The van der Waals surface area contributed by atoms with E-state index in [0.29, 0.717) is 6.54 Å². The number of carbonyl (C=O) groups is 1. The van der Waals surface area contributed by atoms with Gasteiger partial charge in [-0.2, -0.15) is 10.2 Å². The van der Waals surface area contributed by atoms with Crippen molar-refractivity contribution in [2.75, 3.05) is 6.61 Å². The Bertz CT molecular complexity index is 756. The molecule has 2 heterocycles. The van der Waals surface area contributed by atoms with Crippen LogP contribution in [0.15, 0.2) is 49.3 Å². The number of aromatic nitrogens is 5. The molecule has 1 aromatic carbocycles. The van der Waals surface area contributed by atoms with Gasteiger partial charge in [0.1, 0.15) is 30.8 Å². The average Bonchev–Trinajstić information content (AvgIpc) is 3.20. The van der Waals surface area contributed by atoms with Crippen LogP contribution in [0.1, 0.15) is 10.4 Å². The number of halogens is 1. The van der Waals surface area contributed by atoms with Crippen LogP contribution in [0.3, 0.4) is 0 Å². The van der Waals surface area contributed by atoms with Crippen molar-refractivity contribution < 1.29 is 13.9 Å². The molecular weight excluding hydrogens is 289 g/mol. The highest BCUT2D eigenvalue weighted by Gasteiger charge is 2.12. The van der Waals surface area contributed by atoms with E-state index < -0.39 is 11.8 Å². The van der Waals surface area contributed by atoms with Crippen molar-refractivity contribution in [3.8, 4) is 5.69 Å². The first-order valence-electron chi connectivity index (χ1n) is 6.53. The van der Waals surface area contributed by atoms with E-state index in [4.69, 9.17) is 4.74 Å². The molecule has 0 spiro atoms. The van der Waals surface area contributed by atoms with E-state index in [1.807, 2.05) is 0 Å². The Morgan fingerprint density at radius 3 is 2.91 bits per heavy atom. The fraction of sp³-hybridized carbons (Fsp3) is 0.143. The maximum absolute atomic E-state index is 14.0. The van der Waals surface area contributed by atoms with E-state index in [2.05, 4.69) is 15.2 Å². The van der Waals surface area contributed by atoms with Crippen LogP contribution >= 0.6 is 0 Å². The molecule has 22 heavy (non-hydrogen) atoms. The molecule has 0 saturated heterocycles. The van der Waals surface area contributed by atoms with E-state index in [1.165, 1.54) is 34.2 Å². The van der Waals surface area contributed by atoms with Gasteiger partial charge in [-0.3, -0.25) is 0 Å². The van der Waals surface area contributed by atoms with Crippen molar-refractivity contribution in [1.82, 2.24) is 24.5 Å². The highest BCUT2D eigenvalue weighted by Crippen LogP contribution is 2.15. The summed E-state index contributed by atoms with van der Waals surface area (Å²) in [6.07, 6.45) is 6.08. The molecule has 112 valence electrons. The van der Waals surface area contributed by atoms with E-state index in [0.717, 1.165) is 6.07 Å². The standard InChI is InChI=1S/C14H12FN5O2/c15-12-8-11(2-3-13(12)20-5-1-4-17-20)14(21)22-7-6-19-10-16-9-18-19/h1-5,8-10H,6-7H2. The van der Waals surface area contributed by atoms with Crippen molar-refractivity contribution in [3.05, 3.63) is 60.7 Å². The summed E-state index contributed by atoms with van der Waals surface area (Å²) >= 11 is 0. The molecule has 2 aromatic heterocycles. The highest BCUT2D eigenvalue weighted by molar-refractivity contribution is 5.89. The SMILES string of the molecule is O=C(OCCn1cncn1)c1ccc(-n2cccn2)c(F)c1. The molecule has 0 N–H and O–H groups in total. The number of rotatable bonds is 5. The molecule has 8 heteroatoms. The Kier molecular flexibility index (Phi) is 3.90. The minimum atomic E-state index is -0.592. The van der Waals surface area contributed by atoms with Gasteiger partial charge in [0.15, 0.2) is 0 Å². The fourth-order valence-corrected chi connectivity index (χ4v) is 1.89. The number of carbonyl (C=O) groups excluding carboxylic acids is 1. The monoisotopic (exact) mass is 301 g/mol. The van der Waals surface area contributed by atoms with Crippen LogP contribution in [0.2, 0.25) is 0 Å². The molecule has 0 aliphatic carbocycles. The number of hydrogen-bond acceptors (Lipinski definition) is 5. The maximum atomic E-state index is 14.0. The van der Waals surface area contributed by atoms with Crippen LogP contribution in [0, 0.1) is 5.82 Å². The van der Waals surface area contributed by atoms with Gasteiger partial charge in [-0.25, -0.2) is 23.5 Å². The van der Waals surface area contributed by atoms with Gasteiger partial charge in [0.2, 0.25) is 0 Å². The van der Waals surface area contributed by atoms with E-state index in [-0.39, 0.29) is 17.9 Å². The summed E-state index contributed by atoms with van der Waals surface area (Å²) in [6.45, 7) is 0.518. The molecule has 0 amide bonds. The summed E-state index contributed by atoms with van der Waals surface area (Å²) in [5.74, 6) is -1.14. The Morgan fingerprint density at radius 2 is 2.23 bits per heavy atom. The molecule has 0 fully saturated rings. The molecule has 0 aliphatic heterocycles. The van der Waals surface area contributed by atoms with Crippen LogP contribution in [-0.2, 0) is 11.3 Å². The number of esters is 1. The summed E-state index contributed by atoms with van der Waals surface area (Å²) in [6, 6.07) is 5.80. The molecule has 0 unspecified atom stereocenters. The Balaban J connectivity index is 1.64. The Labute approximate surface area is 125 Å². The summed E-state index contributed by atoms with van der Waals surface area (Å²) in [5.41, 5.74) is 0.413. The molecule has 3 aromatic rings. The lowest BCUT2D eigenvalue weighted by atomic mass is 10.2. The fourth-order valence-electron chi connectivity index (χ4n) is 1.89. The van der Waals surface area contributed by atoms with E-state index in [9.17, 15) is 9.18 Å². The summed E-state index contributed by atoms with van der Waals surface area (Å²) in [5, 5.41) is 7.83. The molecule has 0 aliphatic rings. The van der Waals surface area contributed by atoms with Crippen molar-refractivity contribution in [3.63, 3.8) is 0 Å². The third kappa shape index (κ3) is 3.00. The minimum absolute atomic E-state index is 0.130. The van der Waals surface area contributed by atoms with Crippen LogP contribution in [0.4, 0.5) is 4.39 Å². The molecule has 0 radical (unpaired) electrons. The number of ether oxygens (including phenoxy) is 1. The predicted octanol–water partition coefficient (Wildman–Crippen LogP) is 1.46.